The third-order valence-corrected chi connectivity index (χ3v) is 4.97. The van der Waals surface area contributed by atoms with E-state index >= 15 is 0 Å². The van der Waals surface area contributed by atoms with Crippen LogP contribution in [0.4, 0.5) is 0 Å². The lowest BCUT2D eigenvalue weighted by Gasteiger charge is -2.23. The third-order valence-electron chi connectivity index (χ3n) is 4.36. The summed E-state index contributed by atoms with van der Waals surface area (Å²) in [5.74, 6) is 1.57. The van der Waals surface area contributed by atoms with Crippen molar-refractivity contribution in [2.75, 3.05) is 7.11 Å². The first-order valence-corrected chi connectivity index (χ1v) is 8.41. The predicted octanol–water partition coefficient (Wildman–Crippen LogP) is 4.75. The molecule has 3 nitrogen and oxygen atoms in total. The maximum absolute atomic E-state index is 5.46. The molecule has 1 aliphatic carbocycles. The van der Waals surface area contributed by atoms with E-state index in [-0.39, 0.29) is 0 Å². The number of methoxy groups -OCH3 is 1. The lowest BCUT2D eigenvalue weighted by Crippen LogP contribution is -2.12. The molecule has 0 radical (unpaired) electrons. The van der Waals surface area contributed by atoms with Crippen LogP contribution >= 0.6 is 15.9 Å². The van der Waals surface area contributed by atoms with E-state index in [4.69, 9.17) is 4.74 Å². The Morgan fingerprint density at radius 3 is 2.76 bits per heavy atom. The van der Waals surface area contributed by atoms with Gasteiger partial charge in [0.1, 0.15) is 10.4 Å². The van der Waals surface area contributed by atoms with Gasteiger partial charge in [0.25, 0.3) is 0 Å². The summed E-state index contributed by atoms with van der Waals surface area (Å²) in [5, 5.41) is 0. The standard InChI is InChI=1S/C17H21BrN2O/c1-21-15-10-6-5-9-14(15)11-20-12-19-17(18)16(20)13-7-3-2-4-8-13/h5-6,9-10,12-13H,2-4,7-8,11H2,1H3. The van der Waals surface area contributed by atoms with E-state index in [0.29, 0.717) is 5.92 Å². The molecule has 0 unspecified atom stereocenters. The maximum Gasteiger partial charge on any atom is 0.127 e. The van der Waals surface area contributed by atoms with Gasteiger partial charge in [0, 0.05) is 11.5 Å². The Morgan fingerprint density at radius 1 is 1.24 bits per heavy atom. The van der Waals surface area contributed by atoms with Gasteiger partial charge in [-0.1, -0.05) is 37.5 Å². The van der Waals surface area contributed by atoms with Gasteiger partial charge in [-0.05, 0) is 34.8 Å². The number of benzene rings is 1. The molecule has 1 saturated carbocycles. The molecule has 0 N–H and O–H groups in total. The predicted molar refractivity (Wildman–Crippen MR) is 87.8 cm³/mol. The second-order valence-corrected chi connectivity index (χ2v) is 6.45. The highest BCUT2D eigenvalue weighted by Crippen LogP contribution is 2.36. The first kappa shape index (κ1) is 14.6. The maximum atomic E-state index is 5.46. The molecular weight excluding hydrogens is 328 g/mol. The van der Waals surface area contributed by atoms with Crippen molar-refractivity contribution < 1.29 is 4.74 Å². The topological polar surface area (TPSA) is 27.1 Å². The molecule has 1 aliphatic rings. The number of hydrogen-bond acceptors (Lipinski definition) is 2. The number of para-hydroxylation sites is 1. The van der Waals surface area contributed by atoms with Gasteiger partial charge in [0.05, 0.1) is 25.7 Å². The fraction of sp³-hybridized carbons (Fsp3) is 0.471. The fourth-order valence-corrected chi connectivity index (χ4v) is 3.93. The third kappa shape index (κ3) is 3.15. The van der Waals surface area contributed by atoms with Crippen molar-refractivity contribution in [1.29, 1.82) is 0 Å². The first-order valence-electron chi connectivity index (χ1n) is 7.62. The molecule has 0 aliphatic heterocycles. The van der Waals surface area contributed by atoms with E-state index in [1.165, 1.54) is 43.4 Å². The normalized spacial score (nSPS) is 16.1. The summed E-state index contributed by atoms with van der Waals surface area (Å²) in [5.41, 5.74) is 2.54. The SMILES string of the molecule is COc1ccccc1Cn1cnc(Br)c1C1CCCCC1. The Labute approximate surface area is 134 Å². The van der Waals surface area contributed by atoms with Crippen LogP contribution in [-0.4, -0.2) is 16.7 Å². The minimum atomic E-state index is 0.630. The number of hydrogen-bond donors (Lipinski definition) is 0. The van der Waals surface area contributed by atoms with Crippen LogP contribution in [-0.2, 0) is 6.54 Å². The number of rotatable bonds is 4. The zero-order valence-corrected chi connectivity index (χ0v) is 14.0. The van der Waals surface area contributed by atoms with Crippen LogP contribution in [0.5, 0.6) is 5.75 Å². The molecule has 0 amide bonds. The lowest BCUT2D eigenvalue weighted by molar-refractivity contribution is 0.404. The second kappa shape index (κ2) is 6.65. The second-order valence-electron chi connectivity index (χ2n) is 5.70. The molecule has 0 atom stereocenters. The van der Waals surface area contributed by atoms with Crippen LogP contribution in [0.3, 0.4) is 0 Å². The van der Waals surface area contributed by atoms with Gasteiger partial charge < -0.3 is 9.30 Å². The minimum Gasteiger partial charge on any atom is -0.496 e. The largest absolute Gasteiger partial charge is 0.496 e. The van der Waals surface area contributed by atoms with Crippen molar-refractivity contribution in [1.82, 2.24) is 9.55 Å². The van der Waals surface area contributed by atoms with Crippen molar-refractivity contribution in [2.24, 2.45) is 0 Å². The highest BCUT2D eigenvalue weighted by Gasteiger charge is 2.22. The number of halogens is 1. The Bertz CT molecular complexity index is 603. The minimum absolute atomic E-state index is 0.630. The summed E-state index contributed by atoms with van der Waals surface area (Å²) in [6, 6.07) is 8.21. The van der Waals surface area contributed by atoms with Gasteiger partial charge in [-0.3, -0.25) is 0 Å². The number of imidazole rings is 1. The zero-order chi connectivity index (χ0) is 14.7. The fourth-order valence-electron chi connectivity index (χ4n) is 3.29. The molecule has 1 heterocycles. The summed E-state index contributed by atoms with van der Waals surface area (Å²) in [4.78, 5) is 4.48. The van der Waals surface area contributed by atoms with Gasteiger partial charge in [0.15, 0.2) is 0 Å². The van der Waals surface area contributed by atoms with Crippen LogP contribution in [0.2, 0.25) is 0 Å². The van der Waals surface area contributed by atoms with E-state index in [9.17, 15) is 0 Å². The van der Waals surface area contributed by atoms with Crippen LogP contribution in [0.15, 0.2) is 35.2 Å². The molecule has 2 aromatic rings. The molecule has 0 spiro atoms. The summed E-state index contributed by atoms with van der Waals surface area (Å²) < 4.78 is 8.74. The molecule has 0 bridgehead atoms. The Kier molecular flexibility index (Phi) is 4.63. The molecule has 1 fully saturated rings. The molecular formula is C17H21BrN2O. The molecule has 4 heteroatoms. The smallest absolute Gasteiger partial charge is 0.127 e. The monoisotopic (exact) mass is 348 g/mol. The quantitative estimate of drug-likeness (QED) is 0.796. The number of aromatic nitrogens is 2. The van der Waals surface area contributed by atoms with Crippen molar-refractivity contribution in [2.45, 2.75) is 44.6 Å². The summed E-state index contributed by atoms with van der Waals surface area (Å²) in [6.45, 7) is 0.814. The Balaban J connectivity index is 1.89. The van der Waals surface area contributed by atoms with Crippen molar-refractivity contribution in [3.05, 3.63) is 46.5 Å². The average Bonchev–Trinajstić information content (AvgIpc) is 2.89. The number of ether oxygens (including phenoxy) is 1. The van der Waals surface area contributed by atoms with E-state index in [2.05, 4.69) is 37.6 Å². The van der Waals surface area contributed by atoms with Gasteiger partial charge in [0.2, 0.25) is 0 Å². The Hall–Kier alpha value is -1.29. The van der Waals surface area contributed by atoms with Crippen molar-refractivity contribution >= 4 is 15.9 Å². The lowest BCUT2D eigenvalue weighted by atomic mass is 9.87. The Morgan fingerprint density at radius 2 is 2.00 bits per heavy atom. The average molecular weight is 349 g/mol. The van der Waals surface area contributed by atoms with Crippen molar-refractivity contribution in [3.8, 4) is 5.75 Å². The number of nitrogens with zero attached hydrogens (tertiary/aromatic N) is 2. The molecule has 21 heavy (non-hydrogen) atoms. The summed E-state index contributed by atoms with van der Waals surface area (Å²) in [6.07, 6.45) is 8.52. The van der Waals surface area contributed by atoms with Crippen LogP contribution in [0, 0.1) is 0 Å². The molecule has 112 valence electrons. The van der Waals surface area contributed by atoms with Crippen LogP contribution in [0.25, 0.3) is 0 Å². The highest BCUT2D eigenvalue weighted by molar-refractivity contribution is 9.10. The van der Waals surface area contributed by atoms with Gasteiger partial charge in [-0.2, -0.15) is 0 Å². The molecule has 1 aromatic carbocycles. The van der Waals surface area contributed by atoms with E-state index in [0.717, 1.165) is 16.9 Å². The molecule has 0 saturated heterocycles. The highest BCUT2D eigenvalue weighted by atomic mass is 79.9. The van der Waals surface area contributed by atoms with Gasteiger partial charge >= 0.3 is 0 Å². The first-order chi connectivity index (χ1) is 10.3. The van der Waals surface area contributed by atoms with E-state index in [1.807, 2.05) is 18.5 Å². The van der Waals surface area contributed by atoms with E-state index in [1.54, 1.807) is 7.11 Å². The molecule has 3 rings (SSSR count). The van der Waals surface area contributed by atoms with Gasteiger partial charge in [-0.25, -0.2) is 4.98 Å². The summed E-state index contributed by atoms with van der Waals surface area (Å²) in [7, 11) is 1.73. The molecule has 1 aromatic heterocycles. The summed E-state index contributed by atoms with van der Waals surface area (Å²) >= 11 is 3.64. The zero-order valence-electron chi connectivity index (χ0n) is 12.4. The van der Waals surface area contributed by atoms with Crippen LogP contribution < -0.4 is 4.74 Å². The van der Waals surface area contributed by atoms with Crippen LogP contribution in [0.1, 0.15) is 49.3 Å². The van der Waals surface area contributed by atoms with Crippen molar-refractivity contribution in [3.63, 3.8) is 0 Å². The van der Waals surface area contributed by atoms with Gasteiger partial charge in [-0.15, -0.1) is 0 Å². The van der Waals surface area contributed by atoms with E-state index < -0.39 is 0 Å².